The lowest BCUT2D eigenvalue weighted by Gasteiger charge is -2.31. The molecule has 0 radical (unpaired) electrons. The Hall–Kier alpha value is -1.39. The number of halogens is 1. The van der Waals surface area contributed by atoms with Crippen LogP contribution in [0.15, 0.2) is 29.3 Å². The van der Waals surface area contributed by atoms with Gasteiger partial charge in [0.05, 0.1) is 12.5 Å². The second kappa shape index (κ2) is 16.3. The molecule has 1 aromatic rings. The van der Waals surface area contributed by atoms with Gasteiger partial charge in [-0.3, -0.25) is 9.69 Å². The number of hydrogen-bond acceptors (Lipinski definition) is 4. The molecule has 1 aromatic carbocycles. The van der Waals surface area contributed by atoms with Crippen molar-refractivity contribution in [3.63, 3.8) is 0 Å². The van der Waals surface area contributed by atoms with Crippen LogP contribution in [0.4, 0.5) is 0 Å². The van der Waals surface area contributed by atoms with E-state index in [1.54, 1.807) is 0 Å². The summed E-state index contributed by atoms with van der Waals surface area (Å²) in [6.45, 7) is 9.28. The lowest BCUT2D eigenvalue weighted by Crippen LogP contribution is -2.40. The number of nitrogens with two attached hydrogens (primary N) is 1. The molecule has 0 spiro atoms. The van der Waals surface area contributed by atoms with Crippen LogP contribution in [0, 0.1) is 11.8 Å². The highest BCUT2D eigenvalue weighted by Gasteiger charge is 2.23. The summed E-state index contributed by atoms with van der Waals surface area (Å²) in [4.78, 5) is 18.6. The zero-order valence-electron chi connectivity index (χ0n) is 19.7. The predicted molar refractivity (Wildman–Crippen MR) is 142 cm³/mol. The smallest absolute Gasteiger partial charge is 0.221 e. The molecule has 0 bridgehead atoms. The van der Waals surface area contributed by atoms with Gasteiger partial charge in [-0.15, -0.1) is 24.0 Å². The van der Waals surface area contributed by atoms with Crippen LogP contribution >= 0.6 is 24.0 Å². The molecule has 8 heteroatoms. The lowest BCUT2D eigenvalue weighted by molar-refractivity contribution is -0.123. The third-order valence-corrected chi connectivity index (χ3v) is 5.86. The molecular formula is C24H42IN5O2. The Morgan fingerprint density at radius 1 is 1.28 bits per heavy atom. The van der Waals surface area contributed by atoms with Crippen molar-refractivity contribution in [3.8, 4) is 0 Å². The van der Waals surface area contributed by atoms with Crippen molar-refractivity contribution in [1.82, 2.24) is 15.5 Å². The SMILES string of the molecule is CCCC(CCO)CNC(=NCc1cccc(CN2CCCC(C(N)=O)C2)c1)NCC.I. The Balaban J connectivity index is 0.00000512. The Morgan fingerprint density at radius 3 is 2.75 bits per heavy atom. The molecule has 7 nitrogen and oxygen atoms in total. The molecule has 182 valence electrons. The number of carbonyl (C=O) groups excluding carboxylic acids is 1. The number of guanidine groups is 1. The van der Waals surface area contributed by atoms with Crippen LogP contribution in [-0.4, -0.2) is 54.7 Å². The molecule has 0 saturated carbocycles. The van der Waals surface area contributed by atoms with Crippen LogP contribution < -0.4 is 16.4 Å². The molecule has 0 aromatic heterocycles. The number of piperidine rings is 1. The zero-order valence-corrected chi connectivity index (χ0v) is 22.0. The molecule has 1 aliphatic rings. The Labute approximate surface area is 210 Å². The maximum atomic E-state index is 11.5. The first-order valence-electron chi connectivity index (χ1n) is 11.8. The minimum Gasteiger partial charge on any atom is -0.396 e. The van der Waals surface area contributed by atoms with Crippen molar-refractivity contribution in [2.75, 3.05) is 32.8 Å². The van der Waals surface area contributed by atoms with E-state index in [1.807, 2.05) is 0 Å². The largest absolute Gasteiger partial charge is 0.396 e. The molecule has 2 atom stereocenters. The van der Waals surface area contributed by atoms with Crippen molar-refractivity contribution in [3.05, 3.63) is 35.4 Å². The maximum absolute atomic E-state index is 11.5. The van der Waals surface area contributed by atoms with Gasteiger partial charge >= 0.3 is 0 Å². The number of nitrogens with one attached hydrogen (secondary N) is 2. The molecule has 1 amide bonds. The molecule has 32 heavy (non-hydrogen) atoms. The van der Waals surface area contributed by atoms with Crippen LogP contribution in [0.3, 0.4) is 0 Å². The minimum absolute atomic E-state index is 0. The molecule has 1 heterocycles. The second-order valence-electron chi connectivity index (χ2n) is 8.54. The van der Waals surface area contributed by atoms with Gasteiger partial charge in [-0.1, -0.05) is 37.6 Å². The van der Waals surface area contributed by atoms with Gasteiger partial charge in [0, 0.05) is 32.8 Å². The van der Waals surface area contributed by atoms with Crippen molar-refractivity contribution in [1.29, 1.82) is 0 Å². The van der Waals surface area contributed by atoms with E-state index in [-0.39, 0.29) is 42.4 Å². The quantitative estimate of drug-likeness (QED) is 0.179. The summed E-state index contributed by atoms with van der Waals surface area (Å²) < 4.78 is 0. The number of aliphatic hydroxyl groups is 1. The number of nitrogens with zero attached hydrogens (tertiary/aromatic N) is 2. The zero-order chi connectivity index (χ0) is 22.5. The highest BCUT2D eigenvalue weighted by molar-refractivity contribution is 14.0. The third-order valence-electron chi connectivity index (χ3n) is 5.86. The number of hydrogen-bond donors (Lipinski definition) is 4. The second-order valence-corrected chi connectivity index (χ2v) is 8.54. The van der Waals surface area contributed by atoms with Crippen LogP contribution in [-0.2, 0) is 17.9 Å². The van der Waals surface area contributed by atoms with Crippen LogP contribution in [0.5, 0.6) is 0 Å². The molecule has 2 unspecified atom stereocenters. The molecule has 1 saturated heterocycles. The normalized spacial score (nSPS) is 18.0. The summed E-state index contributed by atoms with van der Waals surface area (Å²) in [7, 11) is 0. The van der Waals surface area contributed by atoms with E-state index < -0.39 is 0 Å². The van der Waals surface area contributed by atoms with E-state index in [9.17, 15) is 9.90 Å². The fourth-order valence-corrected chi connectivity index (χ4v) is 4.21. The topological polar surface area (TPSA) is 103 Å². The van der Waals surface area contributed by atoms with E-state index >= 15 is 0 Å². The first-order chi connectivity index (χ1) is 15.0. The van der Waals surface area contributed by atoms with Gasteiger partial charge in [0.25, 0.3) is 0 Å². The van der Waals surface area contributed by atoms with Crippen molar-refractivity contribution < 1.29 is 9.90 Å². The number of likely N-dealkylation sites (tertiary alicyclic amines) is 1. The highest BCUT2D eigenvalue weighted by Crippen LogP contribution is 2.19. The van der Waals surface area contributed by atoms with Gasteiger partial charge < -0.3 is 21.5 Å². The van der Waals surface area contributed by atoms with Gasteiger partial charge in [-0.05, 0) is 56.2 Å². The number of aliphatic imine (C=N–C) groups is 1. The lowest BCUT2D eigenvalue weighted by atomic mass is 9.97. The Bertz CT molecular complexity index is 695. The average molecular weight is 560 g/mol. The van der Waals surface area contributed by atoms with E-state index in [0.717, 1.165) is 70.8 Å². The van der Waals surface area contributed by atoms with Crippen molar-refractivity contribution >= 4 is 35.8 Å². The number of primary amides is 1. The summed E-state index contributed by atoms with van der Waals surface area (Å²) in [5.41, 5.74) is 7.91. The van der Waals surface area contributed by atoms with Gasteiger partial charge in [0.1, 0.15) is 0 Å². The fraction of sp³-hybridized carbons (Fsp3) is 0.667. The standard InChI is InChI=1S/C24H41N5O2.HI/c1-3-7-19(11-13-30)15-27-24(26-4-2)28-16-20-8-5-9-21(14-20)17-29-12-6-10-22(18-29)23(25)31;/h5,8-9,14,19,22,30H,3-4,6-7,10-13,15-18H2,1-2H3,(H2,25,31)(H2,26,27,28);1H. The van der Waals surface area contributed by atoms with E-state index in [0.29, 0.717) is 12.5 Å². The maximum Gasteiger partial charge on any atom is 0.221 e. The number of benzene rings is 1. The van der Waals surface area contributed by atoms with Gasteiger partial charge in [-0.2, -0.15) is 0 Å². The van der Waals surface area contributed by atoms with Gasteiger partial charge in [0.15, 0.2) is 5.96 Å². The summed E-state index contributed by atoms with van der Waals surface area (Å²) in [5.74, 6) is 1.05. The minimum atomic E-state index is -0.184. The summed E-state index contributed by atoms with van der Waals surface area (Å²) in [6.07, 6.45) is 4.95. The fourth-order valence-electron chi connectivity index (χ4n) is 4.21. The first-order valence-corrected chi connectivity index (χ1v) is 11.8. The van der Waals surface area contributed by atoms with Crippen molar-refractivity contribution in [2.24, 2.45) is 22.6 Å². The van der Waals surface area contributed by atoms with Gasteiger partial charge in [0.2, 0.25) is 5.91 Å². The first kappa shape index (κ1) is 28.6. The van der Waals surface area contributed by atoms with Crippen LogP contribution in [0.25, 0.3) is 0 Å². The molecule has 0 aliphatic carbocycles. The summed E-state index contributed by atoms with van der Waals surface area (Å²) in [6, 6.07) is 8.51. The van der Waals surface area contributed by atoms with Crippen LogP contribution in [0.2, 0.25) is 0 Å². The van der Waals surface area contributed by atoms with Gasteiger partial charge in [-0.25, -0.2) is 4.99 Å². The van der Waals surface area contributed by atoms with E-state index in [4.69, 9.17) is 10.7 Å². The van der Waals surface area contributed by atoms with E-state index in [2.05, 4.69) is 53.6 Å². The molecule has 1 aliphatic heterocycles. The Morgan fingerprint density at radius 2 is 2.06 bits per heavy atom. The molecular weight excluding hydrogens is 517 g/mol. The van der Waals surface area contributed by atoms with Crippen LogP contribution in [0.1, 0.15) is 57.1 Å². The summed E-state index contributed by atoms with van der Waals surface area (Å²) in [5, 5.41) is 16.0. The molecule has 2 rings (SSSR count). The number of carbonyl (C=O) groups is 1. The number of amides is 1. The van der Waals surface area contributed by atoms with E-state index in [1.165, 1.54) is 11.1 Å². The third kappa shape index (κ3) is 10.5. The number of aliphatic hydroxyl groups excluding tert-OH is 1. The summed E-state index contributed by atoms with van der Waals surface area (Å²) >= 11 is 0. The molecule has 5 N–H and O–H groups in total. The molecule has 1 fully saturated rings. The average Bonchev–Trinajstić information content (AvgIpc) is 2.76. The van der Waals surface area contributed by atoms with Crippen molar-refractivity contribution in [2.45, 2.75) is 59.0 Å². The Kier molecular flexibility index (Phi) is 14.6. The predicted octanol–water partition coefficient (Wildman–Crippen LogP) is 2.86. The highest BCUT2D eigenvalue weighted by atomic mass is 127. The number of rotatable bonds is 12. The monoisotopic (exact) mass is 559 g/mol.